The SMILES string of the molecule is COC(=O)[C@H]1CN(C(=S)NCCCSC)c2ccccc2O1. The number of fused-ring (bicyclic) bond motifs is 1. The van der Waals surface area contributed by atoms with Crippen LogP contribution in [0.2, 0.25) is 0 Å². The fraction of sp³-hybridized carbons (Fsp3) is 0.467. The first-order valence-corrected chi connectivity index (χ1v) is 8.85. The fourth-order valence-corrected chi connectivity index (χ4v) is 2.90. The molecule has 0 spiro atoms. The number of hydrogen-bond acceptors (Lipinski definition) is 5. The Hall–Kier alpha value is -1.47. The third-order valence-electron chi connectivity index (χ3n) is 3.28. The van der Waals surface area contributed by atoms with Gasteiger partial charge in [-0.1, -0.05) is 12.1 Å². The zero-order valence-corrected chi connectivity index (χ0v) is 14.3. The van der Waals surface area contributed by atoms with Crippen molar-refractivity contribution in [2.24, 2.45) is 0 Å². The molecule has 1 N–H and O–H groups in total. The van der Waals surface area contributed by atoms with Gasteiger partial charge in [0.05, 0.1) is 19.3 Å². The van der Waals surface area contributed by atoms with Gasteiger partial charge < -0.3 is 19.7 Å². The van der Waals surface area contributed by atoms with E-state index in [0.717, 1.165) is 24.4 Å². The highest BCUT2D eigenvalue weighted by Gasteiger charge is 2.32. The number of methoxy groups -OCH3 is 1. The van der Waals surface area contributed by atoms with E-state index in [1.54, 1.807) is 11.8 Å². The van der Waals surface area contributed by atoms with Gasteiger partial charge in [-0.25, -0.2) is 4.79 Å². The molecule has 1 aromatic carbocycles. The molecule has 22 heavy (non-hydrogen) atoms. The molecule has 0 radical (unpaired) electrons. The molecular formula is C15H20N2O3S2. The minimum absolute atomic E-state index is 0.345. The number of benzene rings is 1. The van der Waals surface area contributed by atoms with Crippen molar-refractivity contribution in [2.75, 3.05) is 37.1 Å². The molecule has 5 nitrogen and oxygen atoms in total. The molecule has 120 valence electrons. The second-order valence-corrected chi connectivity index (χ2v) is 6.16. The number of thiocarbonyl (C=S) groups is 1. The Morgan fingerprint density at radius 3 is 3.05 bits per heavy atom. The topological polar surface area (TPSA) is 50.8 Å². The summed E-state index contributed by atoms with van der Waals surface area (Å²) in [6.45, 7) is 1.15. The molecule has 2 rings (SSSR count). The van der Waals surface area contributed by atoms with Crippen LogP contribution in [0, 0.1) is 0 Å². The summed E-state index contributed by atoms with van der Waals surface area (Å²) in [5.41, 5.74) is 0.866. The quantitative estimate of drug-likeness (QED) is 0.500. The largest absolute Gasteiger partial charge is 0.475 e. The van der Waals surface area contributed by atoms with Crippen LogP contribution in [0.3, 0.4) is 0 Å². The molecule has 0 aliphatic carbocycles. The highest BCUT2D eigenvalue weighted by Crippen LogP contribution is 2.33. The van der Waals surface area contributed by atoms with Gasteiger partial charge >= 0.3 is 5.97 Å². The number of carbonyl (C=O) groups excluding carboxylic acids is 1. The molecule has 0 bridgehead atoms. The maximum atomic E-state index is 11.8. The Labute approximate surface area is 140 Å². The highest BCUT2D eigenvalue weighted by atomic mass is 32.2. The maximum Gasteiger partial charge on any atom is 0.348 e. The van der Waals surface area contributed by atoms with Crippen LogP contribution in [0.25, 0.3) is 0 Å². The van der Waals surface area contributed by atoms with Gasteiger partial charge in [0.2, 0.25) is 6.10 Å². The third kappa shape index (κ3) is 4.04. The number of esters is 1. The van der Waals surface area contributed by atoms with Crippen LogP contribution in [0.4, 0.5) is 5.69 Å². The predicted molar refractivity (Wildman–Crippen MR) is 93.8 cm³/mol. The van der Waals surface area contributed by atoms with E-state index in [0.29, 0.717) is 17.4 Å². The Kier molecular flexibility index (Phi) is 6.33. The van der Waals surface area contributed by atoms with Gasteiger partial charge in [-0.15, -0.1) is 0 Å². The molecular weight excluding hydrogens is 320 g/mol. The normalized spacial score (nSPS) is 16.5. The van der Waals surface area contributed by atoms with Crippen molar-refractivity contribution in [1.82, 2.24) is 5.32 Å². The average Bonchev–Trinajstić information content (AvgIpc) is 2.56. The number of rotatable bonds is 5. The summed E-state index contributed by atoms with van der Waals surface area (Å²) < 4.78 is 10.5. The maximum absolute atomic E-state index is 11.8. The summed E-state index contributed by atoms with van der Waals surface area (Å²) in [6.07, 6.45) is 2.44. The van der Waals surface area contributed by atoms with E-state index in [4.69, 9.17) is 21.7 Å². The molecule has 1 atom stereocenters. The summed E-state index contributed by atoms with van der Waals surface area (Å²) in [6, 6.07) is 7.54. The monoisotopic (exact) mass is 340 g/mol. The van der Waals surface area contributed by atoms with E-state index in [1.165, 1.54) is 7.11 Å². The zero-order chi connectivity index (χ0) is 15.9. The number of nitrogens with one attached hydrogen (secondary N) is 1. The summed E-state index contributed by atoms with van der Waals surface area (Å²) in [4.78, 5) is 13.7. The van der Waals surface area contributed by atoms with Gasteiger partial charge in [0.25, 0.3) is 0 Å². The lowest BCUT2D eigenvalue weighted by Crippen LogP contribution is -2.50. The van der Waals surface area contributed by atoms with Crippen LogP contribution in [-0.4, -0.2) is 49.4 Å². The number of nitrogens with zero attached hydrogens (tertiary/aromatic N) is 1. The molecule has 0 fully saturated rings. The molecule has 7 heteroatoms. The first-order chi connectivity index (χ1) is 10.7. The van der Waals surface area contributed by atoms with Gasteiger partial charge in [0.1, 0.15) is 5.75 Å². The Balaban J connectivity index is 2.10. The summed E-state index contributed by atoms with van der Waals surface area (Å²) >= 11 is 7.28. The zero-order valence-electron chi connectivity index (χ0n) is 12.7. The van der Waals surface area contributed by atoms with Crippen molar-refractivity contribution < 1.29 is 14.3 Å². The highest BCUT2D eigenvalue weighted by molar-refractivity contribution is 7.98. The second-order valence-electron chi connectivity index (χ2n) is 4.79. The smallest absolute Gasteiger partial charge is 0.348 e. The fourth-order valence-electron chi connectivity index (χ4n) is 2.19. The van der Waals surface area contributed by atoms with Gasteiger partial charge in [-0.05, 0) is 42.8 Å². The molecule has 1 aromatic rings. The van der Waals surface area contributed by atoms with Crippen molar-refractivity contribution in [3.8, 4) is 5.75 Å². The number of hydrogen-bond donors (Lipinski definition) is 1. The van der Waals surface area contributed by atoms with Crippen molar-refractivity contribution in [3.63, 3.8) is 0 Å². The van der Waals surface area contributed by atoms with E-state index in [-0.39, 0.29) is 0 Å². The van der Waals surface area contributed by atoms with Crippen LogP contribution >= 0.6 is 24.0 Å². The number of para-hydroxylation sites is 2. The van der Waals surface area contributed by atoms with Crippen molar-refractivity contribution in [2.45, 2.75) is 12.5 Å². The van der Waals surface area contributed by atoms with Crippen molar-refractivity contribution in [1.29, 1.82) is 0 Å². The number of anilines is 1. The Morgan fingerprint density at radius 2 is 2.32 bits per heavy atom. The molecule has 1 heterocycles. The standard InChI is InChI=1S/C15H20N2O3S2/c1-19-14(18)13-10-17(15(21)16-8-5-9-22-2)11-6-3-4-7-12(11)20-13/h3-4,6-7,13H,5,8-10H2,1-2H3,(H,16,21)/t13-/m1/s1. The van der Waals surface area contributed by atoms with Gasteiger partial charge in [0, 0.05) is 6.54 Å². The van der Waals surface area contributed by atoms with E-state index < -0.39 is 12.1 Å². The molecule has 0 saturated heterocycles. The predicted octanol–water partition coefficient (Wildman–Crippen LogP) is 2.05. The van der Waals surface area contributed by atoms with Gasteiger partial charge in [-0.3, -0.25) is 0 Å². The summed E-state index contributed by atoms with van der Waals surface area (Å²) in [5, 5.41) is 3.84. The number of thioether (sulfide) groups is 1. The Bertz CT molecular complexity index is 539. The van der Waals surface area contributed by atoms with Crippen molar-refractivity contribution >= 4 is 40.7 Å². The lowest BCUT2D eigenvalue weighted by molar-refractivity contribution is -0.148. The van der Waals surface area contributed by atoms with Crippen LogP contribution in [0.15, 0.2) is 24.3 Å². The lowest BCUT2D eigenvalue weighted by atomic mass is 10.2. The summed E-state index contributed by atoms with van der Waals surface area (Å²) in [5.74, 6) is 1.32. The van der Waals surface area contributed by atoms with E-state index >= 15 is 0 Å². The van der Waals surface area contributed by atoms with Crippen LogP contribution in [0.1, 0.15) is 6.42 Å². The van der Waals surface area contributed by atoms with Gasteiger partial charge in [-0.2, -0.15) is 11.8 Å². The minimum Gasteiger partial charge on any atom is -0.475 e. The van der Waals surface area contributed by atoms with Crippen LogP contribution in [0.5, 0.6) is 5.75 Å². The first-order valence-electron chi connectivity index (χ1n) is 7.05. The number of carbonyl (C=O) groups is 1. The van der Waals surface area contributed by atoms with E-state index in [2.05, 4.69) is 11.6 Å². The van der Waals surface area contributed by atoms with E-state index in [1.807, 2.05) is 29.2 Å². The van der Waals surface area contributed by atoms with Crippen LogP contribution in [-0.2, 0) is 9.53 Å². The molecule has 1 aliphatic heterocycles. The van der Waals surface area contributed by atoms with Crippen molar-refractivity contribution in [3.05, 3.63) is 24.3 Å². The Morgan fingerprint density at radius 1 is 1.55 bits per heavy atom. The van der Waals surface area contributed by atoms with Gasteiger partial charge in [0.15, 0.2) is 5.11 Å². The molecule has 0 saturated carbocycles. The second kappa shape index (κ2) is 8.24. The lowest BCUT2D eigenvalue weighted by Gasteiger charge is -2.35. The number of ether oxygens (including phenoxy) is 2. The molecule has 0 aromatic heterocycles. The minimum atomic E-state index is -0.675. The summed E-state index contributed by atoms with van der Waals surface area (Å²) in [7, 11) is 1.36. The first kappa shape index (κ1) is 16.9. The molecule has 0 unspecified atom stereocenters. The van der Waals surface area contributed by atoms with E-state index in [9.17, 15) is 4.79 Å². The third-order valence-corrected chi connectivity index (χ3v) is 4.35. The average molecular weight is 340 g/mol. The molecule has 1 aliphatic rings. The van der Waals surface area contributed by atoms with Crippen LogP contribution < -0.4 is 15.0 Å². The molecule has 0 amide bonds.